The Morgan fingerprint density at radius 1 is 1.00 bits per heavy atom. The number of aldehydes is 1. The van der Waals surface area contributed by atoms with Crippen molar-refractivity contribution in [1.82, 2.24) is 0 Å². The number of hydrogen-bond acceptors (Lipinski definition) is 1. The van der Waals surface area contributed by atoms with Gasteiger partial charge in [-0.1, -0.05) is 51.0 Å². The minimum atomic E-state index is 0.763. The molecule has 0 aromatic heterocycles. The number of hydrogen-bond donors (Lipinski definition) is 0. The van der Waals surface area contributed by atoms with E-state index in [9.17, 15) is 4.79 Å². The number of carbonyl (C=O) groups is 1. The predicted octanol–water partition coefficient (Wildman–Crippen LogP) is 4.56. The first-order chi connectivity index (χ1) is 8.78. The number of rotatable bonds is 5. The molecule has 0 aliphatic rings. The zero-order valence-electron chi connectivity index (χ0n) is 11.2. The molecule has 0 N–H and O–H groups in total. The van der Waals surface area contributed by atoms with E-state index >= 15 is 0 Å². The van der Waals surface area contributed by atoms with Gasteiger partial charge in [0.05, 0.1) is 0 Å². The first kappa shape index (κ1) is 12.8. The first-order valence-electron chi connectivity index (χ1n) is 6.79. The molecule has 1 nitrogen and oxygen atoms in total. The molecular formula is C17H20O. The smallest absolute Gasteiger partial charge is 0.150 e. The summed E-state index contributed by atoms with van der Waals surface area (Å²) in [5.74, 6) is 0. The molecule has 2 aromatic carbocycles. The largest absolute Gasteiger partial charge is 0.298 e. The van der Waals surface area contributed by atoms with E-state index in [-0.39, 0.29) is 0 Å². The summed E-state index contributed by atoms with van der Waals surface area (Å²) in [5, 5.41) is 2.50. The molecule has 0 heterocycles. The van der Waals surface area contributed by atoms with E-state index in [4.69, 9.17) is 0 Å². The lowest BCUT2D eigenvalue weighted by Gasteiger charge is -2.10. The number of benzene rings is 2. The van der Waals surface area contributed by atoms with Crippen LogP contribution in [0.25, 0.3) is 10.8 Å². The Morgan fingerprint density at radius 2 is 1.78 bits per heavy atom. The molecule has 18 heavy (non-hydrogen) atoms. The van der Waals surface area contributed by atoms with E-state index in [2.05, 4.69) is 32.0 Å². The third-order valence-electron chi connectivity index (χ3n) is 3.32. The van der Waals surface area contributed by atoms with Gasteiger partial charge in [0, 0.05) is 5.56 Å². The van der Waals surface area contributed by atoms with Crippen molar-refractivity contribution in [2.45, 2.75) is 39.5 Å². The topological polar surface area (TPSA) is 17.1 Å². The van der Waals surface area contributed by atoms with E-state index in [1.165, 1.54) is 21.9 Å². The summed E-state index contributed by atoms with van der Waals surface area (Å²) in [6, 6.07) is 10.6. The fourth-order valence-electron chi connectivity index (χ4n) is 2.52. The number of carbonyl (C=O) groups excluding carboxylic acids is 1. The quantitative estimate of drug-likeness (QED) is 0.700. The minimum Gasteiger partial charge on any atom is -0.298 e. The van der Waals surface area contributed by atoms with Crippen LogP contribution in [0.3, 0.4) is 0 Å². The van der Waals surface area contributed by atoms with Crippen LogP contribution < -0.4 is 0 Å². The SMILES string of the molecule is CCCc1cc(CCC)c2ccc(C=O)cc2c1. The van der Waals surface area contributed by atoms with E-state index in [0.717, 1.165) is 37.5 Å². The molecule has 0 unspecified atom stereocenters. The molecule has 0 spiro atoms. The Labute approximate surface area is 109 Å². The molecule has 0 atom stereocenters. The fraction of sp³-hybridized carbons (Fsp3) is 0.353. The molecule has 0 fully saturated rings. The highest BCUT2D eigenvalue weighted by Gasteiger charge is 2.04. The number of fused-ring (bicyclic) bond motifs is 1. The van der Waals surface area contributed by atoms with Gasteiger partial charge in [-0.3, -0.25) is 4.79 Å². The maximum atomic E-state index is 10.9. The summed E-state index contributed by atoms with van der Waals surface area (Å²) in [6.45, 7) is 4.41. The van der Waals surface area contributed by atoms with Gasteiger partial charge < -0.3 is 0 Å². The van der Waals surface area contributed by atoms with Crippen LogP contribution in [-0.4, -0.2) is 6.29 Å². The Morgan fingerprint density at radius 3 is 2.44 bits per heavy atom. The van der Waals surface area contributed by atoms with Gasteiger partial charge in [0.15, 0.2) is 0 Å². The summed E-state index contributed by atoms with van der Waals surface area (Å²) < 4.78 is 0. The Kier molecular flexibility index (Phi) is 4.14. The van der Waals surface area contributed by atoms with Crippen molar-refractivity contribution in [2.24, 2.45) is 0 Å². The summed E-state index contributed by atoms with van der Waals surface area (Å²) in [7, 11) is 0. The average molecular weight is 240 g/mol. The van der Waals surface area contributed by atoms with Gasteiger partial charge >= 0.3 is 0 Å². The van der Waals surface area contributed by atoms with Crippen LogP contribution in [0.1, 0.15) is 48.2 Å². The van der Waals surface area contributed by atoms with Crippen molar-refractivity contribution in [3.8, 4) is 0 Å². The molecule has 0 saturated carbocycles. The lowest BCUT2D eigenvalue weighted by Crippen LogP contribution is -1.92. The zero-order chi connectivity index (χ0) is 13.0. The van der Waals surface area contributed by atoms with E-state index in [1.54, 1.807) is 0 Å². The van der Waals surface area contributed by atoms with Crippen LogP contribution in [0.5, 0.6) is 0 Å². The van der Waals surface area contributed by atoms with Gasteiger partial charge in [0.2, 0.25) is 0 Å². The highest BCUT2D eigenvalue weighted by molar-refractivity contribution is 5.91. The van der Waals surface area contributed by atoms with Gasteiger partial charge in [-0.2, -0.15) is 0 Å². The van der Waals surface area contributed by atoms with E-state index in [1.807, 2.05) is 12.1 Å². The Balaban J connectivity index is 2.60. The molecule has 0 aliphatic carbocycles. The third kappa shape index (κ3) is 2.61. The van der Waals surface area contributed by atoms with Gasteiger partial charge in [-0.15, -0.1) is 0 Å². The molecular weight excluding hydrogens is 220 g/mol. The monoisotopic (exact) mass is 240 g/mol. The van der Waals surface area contributed by atoms with Crippen LogP contribution in [0, 0.1) is 0 Å². The Hall–Kier alpha value is -1.63. The van der Waals surface area contributed by atoms with Crippen molar-refractivity contribution in [3.05, 3.63) is 47.0 Å². The molecule has 0 aliphatic heterocycles. The maximum absolute atomic E-state index is 10.9. The third-order valence-corrected chi connectivity index (χ3v) is 3.32. The molecule has 2 rings (SSSR count). The lowest BCUT2D eigenvalue weighted by molar-refractivity contribution is 0.112. The van der Waals surface area contributed by atoms with Gasteiger partial charge in [-0.05, 0) is 40.8 Å². The summed E-state index contributed by atoms with van der Waals surface area (Å²) >= 11 is 0. The van der Waals surface area contributed by atoms with Crippen molar-refractivity contribution in [2.75, 3.05) is 0 Å². The van der Waals surface area contributed by atoms with Crippen molar-refractivity contribution in [3.63, 3.8) is 0 Å². The lowest BCUT2D eigenvalue weighted by atomic mass is 9.95. The second-order valence-corrected chi connectivity index (χ2v) is 4.85. The molecule has 0 saturated heterocycles. The summed E-state index contributed by atoms with van der Waals surface area (Å²) in [4.78, 5) is 10.9. The van der Waals surface area contributed by atoms with Crippen molar-refractivity contribution in [1.29, 1.82) is 0 Å². The zero-order valence-corrected chi connectivity index (χ0v) is 11.2. The van der Waals surface area contributed by atoms with Crippen molar-refractivity contribution < 1.29 is 4.79 Å². The molecule has 2 aromatic rings. The molecule has 94 valence electrons. The number of aryl methyl sites for hydroxylation is 2. The highest BCUT2D eigenvalue weighted by Crippen LogP contribution is 2.24. The normalized spacial score (nSPS) is 10.8. The van der Waals surface area contributed by atoms with Crippen LogP contribution in [0.2, 0.25) is 0 Å². The predicted molar refractivity (Wildman–Crippen MR) is 77.3 cm³/mol. The van der Waals surface area contributed by atoms with Gasteiger partial charge in [0.1, 0.15) is 6.29 Å². The standard InChI is InChI=1S/C17H20O/c1-3-5-13-9-15(6-4-2)17-8-7-14(12-18)11-16(17)10-13/h7-12H,3-6H2,1-2H3. The first-order valence-corrected chi connectivity index (χ1v) is 6.79. The van der Waals surface area contributed by atoms with E-state index in [0.29, 0.717) is 0 Å². The average Bonchev–Trinajstić information content (AvgIpc) is 2.38. The summed E-state index contributed by atoms with van der Waals surface area (Å²) in [5.41, 5.74) is 3.56. The second-order valence-electron chi connectivity index (χ2n) is 4.85. The highest BCUT2D eigenvalue weighted by atomic mass is 16.1. The molecule has 0 amide bonds. The minimum absolute atomic E-state index is 0.763. The fourth-order valence-corrected chi connectivity index (χ4v) is 2.52. The van der Waals surface area contributed by atoms with Crippen LogP contribution in [-0.2, 0) is 12.8 Å². The van der Waals surface area contributed by atoms with E-state index < -0.39 is 0 Å². The van der Waals surface area contributed by atoms with Crippen molar-refractivity contribution >= 4 is 17.1 Å². The maximum Gasteiger partial charge on any atom is 0.150 e. The van der Waals surface area contributed by atoms with Gasteiger partial charge in [-0.25, -0.2) is 0 Å². The molecule has 1 heteroatoms. The molecule has 0 radical (unpaired) electrons. The Bertz CT molecular complexity index is 555. The summed E-state index contributed by atoms with van der Waals surface area (Å²) in [6.07, 6.45) is 5.45. The van der Waals surface area contributed by atoms with Gasteiger partial charge in [0.25, 0.3) is 0 Å². The second kappa shape index (κ2) is 5.81. The van der Waals surface area contributed by atoms with Crippen LogP contribution in [0.15, 0.2) is 30.3 Å². The van der Waals surface area contributed by atoms with Crippen LogP contribution >= 0.6 is 0 Å². The molecule has 0 bridgehead atoms. The van der Waals surface area contributed by atoms with Crippen LogP contribution in [0.4, 0.5) is 0 Å².